The molecular weight excluding hydrogens is 202 g/mol. The number of hydrogen-bond acceptors (Lipinski definition) is 2. The highest BCUT2D eigenvalue weighted by Crippen LogP contribution is 2.51. The van der Waals surface area contributed by atoms with Crippen molar-refractivity contribution in [1.29, 1.82) is 0 Å². The van der Waals surface area contributed by atoms with Gasteiger partial charge in [-0.2, -0.15) is 11.8 Å². The van der Waals surface area contributed by atoms with E-state index in [4.69, 9.17) is 5.73 Å². The second-order valence-electron chi connectivity index (χ2n) is 5.45. The van der Waals surface area contributed by atoms with Gasteiger partial charge < -0.3 is 5.73 Å². The monoisotopic (exact) mass is 227 g/mol. The van der Waals surface area contributed by atoms with E-state index < -0.39 is 0 Å². The van der Waals surface area contributed by atoms with Gasteiger partial charge in [0, 0.05) is 16.5 Å². The Labute approximate surface area is 98.6 Å². The van der Waals surface area contributed by atoms with E-state index in [0.29, 0.717) is 4.75 Å². The summed E-state index contributed by atoms with van der Waals surface area (Å²) in [6.07, 6.45) is 11.4. The summed E-state index contributed by atoms with van der Waals surface area (Å²) in [5.74, 6) is 0.977. The van der Waals surface area contributed by atoms with E-state index in [1.54, 1.807) is 0 Å². The number of nitrogens with two attached hydrogens (primary N) is 1. The van der Waals surface area contributed by atoms with Gasteiger partial charge in [-0.1, -0.05) is 32.6 Å². The molecule has 0 bridgehead atoms. The third-order valence-corrected chi connectivity index (χ3v) is 6.04. The average molecular weight is 227 g/mol. The maximum atomic E-state index is 5.98. The minimum Gasteiger partial charge on any atom is -0.329 e. The van der Waals surface area contributed by atoms with Crippen LogP contribution >= 0.6 is 11.8 Å². The van der Waals surface area contributed by atoms with E-state index in [9.17, 15) is 0 Å². The zero-order valence-electron chi connectivity index (χ0n) is 10.0. The summed E-state index contributed by atoms with van der Waals surface area (Å²) in [6.45, 7) is 3.22. The fourth-order valence-corrected chi connectivity index (χ4v) is 5.16. The zero-order chi connectivity index (χ0) is 10.7. The molecule has 2 heteroatoms. The Kier molecular flexibility index (Phi) is 4.00. The van der Waals surface area contributed by atoms with Gasteiger partial charge in [-0.15, -0.1) is 0 Å². The molecule has 2 fully saturated rings. The van der Waals surface area contributed by atoms with Crippen LogP contribution in [0.1, 0.15) is 58.3 Å². The fraction of sp³-hybridized carbons (Fsp3) is 1.00. The summed E-state index contributed by atoms with van der Waals surface area (Å²) in [7, 11) is 0. The predicted octanol–water partition coefficient (Wildman–Crippen LogP) is 3.57. The van der Waals surface area contributed by atoms with Crippen LogP contribution < -0.4 is 5.73 Å². The van der Waals surface area contributed by atoms with Crippen molar-refractivity contribution < 1.29 is 0 Å². The highest BCUT2D eigenvalue weighted by Gasteiger charge is 2.44. The lowest BCUT2D eigenvalue weighted by molar-refractivity contribution is 0.227. The normalized spacial score (nSPS) is 37.6. The van der Waals surface area contributed by atoms with E-state index >= 15 is 0 Å². The Bertz CT molecular complexity index is 193. The second kappa shape index (κ2) is 5.09. The van der Waals surface area contributed by atoms with Crippen molar-refractivity contribution in [3.63, 3.8) is 0 Å². The molecule has 0 heterocycles. The second-order valence-corrected chi connectivity index (χ2v) is 7.22. The molecule has 88 valence electrons. The highest BCUT2D eigenvalue weighted by molar-refractivity contribution is 8.01. The van der Waals surface area contributed by atoms with Crippen molar-refractivity contribution in [1.82, 2.24) is 0 Å². The first kappa shape index (κ1) is 11.8. The van der Waals surface area contributed by atoms with Crippen molar-refractivity contribution in [3.8, 4) is 0 Å². The number of rotatable bonds is 4. The first-order valence-electron chi connectivity index (χ1n) is 6.66. The average Bonchev–Trinajstić information content (AvgIpc) is 2.24. The Balaban J connectivity index is 1.80. The van der Waals surface area contributed by atoms with E-state index in [2.05, 4.69) is 18.7 Å². The molecule has 0 amide bonds. The van der Waals surface area contributed by atoms with Gasteiger partial charge in [0.05, 0.1) is 0 Å². The molecule has 0 spiro atoms. The van der Waals surface area contributed by atoms with Crippen LogP contribution in [0.5, 0.6) is 0 Å². The fourth-order valence-electron chi connectivity index (χ4n) is 3.13. The van der Waals surface area contributed by atoms with Crippen molar-refractivity contribution in [2.45, 2.75) is 68.3 Å². The van der Waals surface area contributed by atoms with Crippen molar-refractivity contribution >= 4 is 11.8 Å². The Morgan fingerprint density at radius 1 is 1.20 bits per heavy atom. The Morgan fingerprint density at radius 2 is 1.87 bits per heavy atom. The maximum absolute atomic E-state index is 5.98. The summed E-state index contributed by atoms with van der Waals surface area (Å²) in [6, 6.07) is 0. The molecule has 2 aliphatic rings. The molecule has 0 atom stereocenters. The molecular formula is C13H25NS. The van der Waals surface area contributed by atoms with Gasteiger partial charge >= 0.3 is 0 Å². The summed E-state index contributed by atoms with van der Waals surface area (Å²) in [4.78, 5) is 0. The van der Waals surface area contributed by atoms with Crippen LogP contribution in [0, 0.1) is 5.92 Å². The number of thioether (sulfide) groups is 1. The van der Waals surface area contributed by atoms with Gasteiger partial charge in [0.25, 0.3) is 0 Å². The van der Waals surface area contributed by atoms with Crippen LogP contribution in [-0.2, 0) is 0 Å². The minimum absolute atomic E-state index is 0.489. The maximum Gasteiger partial charge on any atom is 0.0290 e. The summed E-state index contributed by atoms with van der Waals surface area (Å²) >= 11 is 2.25. The largest absolute Gasteiger partial charge is 0.329 e. The van der Waals surface area contributed by atoms with Crippen LogP contribution in [-0.4, -0.2) is 16.5 Å². The third kappa shape index (κ3) is 2.71. The first-order valence-corrected chi connectivity index (χ1v) is 7.54. The van der Waals surface area contributed by atoms with Crippen LogP contribution in [0.2, 0.25) is 0 Å². The predicted molar refractivity (Wildman–Crippen MR) is 69.3 cm³/mol. The van der Waals surface area contributed by atoms with Crippen molar-refractivity contribution in [3.05, 3.63) is 0 Å². The Hall–Kier alpha value is 0.310. The summed E-state index contributed by atoms with van der Waals surface area (Å²) < 4.78 is 0.489. The summed E-state index contributed by atoms with van der Waals surface area (Å²) in [5, 5.41) is 0.931. The van der Waals surface area contributed by atoms with Crippen LogP contribution in [0.4, 0.5) is 0 Å². The van der Waals surface area contributed by atoms with E-state index in [1.165, 1.54) is 51.4 Å². The quantitative estimate of drug-likeness (QED) is 0.794. The molecule has 0 aromatic carbocycles. The lowest BCUT2D eigenvalue weighted by Crippen LogP contribution is -2.48. The third-order valence-electron chi connectivity index (χ3n) is 4.24. The highest BCUT2D eigenvalue weighted by atomic mass is 32.2. The molecule has 2 rings (SSSR count). The van der Waals surface area contributed by atoms with Gasteiger partial charge in [-0.05, 0) is 31.6 Å². The van der Waals surface area contributed by atoms with Crippen molar-refractivity contribution in [2.24, 2.45) is 11.7 Å². The molecule has 1 nitrogen and oxygen atoms in total. The van der Waals surface area contributed by atoms with E-state index in [0.717, 1.165) is 17.7 Å². The minimum atomic E-state index is 0.489. The Morgan fingerprint density at radius 3 is 2.40 bits per heavy atom. The number of hydrogen-bond donors (Lipinski definition) is 1. The van der Waals surface area contributed by atoms with Crippen LogP contribution in [0.25, 0.3) is 0 Å². The van der Waals surface area contributed by atoms with Gasteiger partial charge in [0.15, 0.2) is 0 Å². The molecule has 2 saturated carbocycles. The standard InChI is InChI=1S/C13H25NS/c1-2-11-8-13(9-11,10-14)15-12-6-4-3-5-7-12/h11-12H,2-10,14H2,1H3. The van der Waals surface area contributed by atoms with Crippen LogP contribution in [0.15, 0.2) is 0 Å². The molecule has 2 aliphatic carbocycles. The lowest BCUT2D eigenvalue weighted by atomic mass is 9.73. The zero-order valence-corrected chi connectivity index (χ0v) is 10.8. The van der Waals surface area contributed by atoms with Crippen molar-refractivity contribution in [2.75, 3.05) is 6.54 Å². The van der Waals surface area contributed by atoms with Gasteiger partial charge in [0.1, 0.15) is 0 Å². The summed E-state index contributed by atoms with van der Waals surface area (Å²) in [5.41, 5.74) is 5.98. The SMILES string of the molecule is CCC1CC(CN)(SC2CCCCC2)C1. The molecule has 0 radical (unpaired) electrons. The van der Waals surface area contributed by atoms with Gasteiger partial charge in [-0.25, -0.2) is 0 Å². The van der Waals surface area contributed by atoms with E-state index in [1.807, 2.05) is 0 Å². The smallest absolute Gasteiger partial charge is 0.0290 e. The van der Waals surface area contributed by atoms with E-state index in [-0.39, 0.29) is 0 Å². The lowest BCUT2D eigenvalue weighted by Gasteiger charge is -2.48. The topological polar surface area (TPSA) is 26.0 Å². The molecule has 0 unspecified atom stereocenters. The molecule has 0 aliphatic heterocycles. The molecule has 15 heavy (non-hydrogen) atoms. The molecule has 0 aromatic heterocycles. The van der Waals surface area contributed by atoms with Gasteiger partial charge in [-0.3, -0.25) is 0 Å². The van der Waals surface area contributed by atoms with Gasteiger partial charge in [0.2, 0.25) is 0 Å². The molecule has 2 N–H and O–H groups in total. The molecule has 0 aromatic rings. The molecule has 0 saturated heterocycles. The first-order chi connectivity index (χ1) is 7.28. The van der Waals surface area contributed by atoms with Crippen LogP contribution in [0.3, 0.4) is 0 Å².